The molecule has 4 heteroatoms. The van der Waals surface area contributed by atoms with Crippen LogP contribution in [0.4, 0.5) is 0 Å². The van der Waals surface area contributed by atoms with Gasteiger partial charge in [-0.2, -0.15) is 0 Å². The molecule has 3 rings (SSSR count). The smallest absolute Gasteiger partial charge is 0.131 e. The van der Waals surface area contributed by atoms with Crippen LogP contribution < -0.4 is 10.5 Å². The number of aromatic nitrogens is 1. The molecule has 0 radical (unpaired) electrons. The number of thiazole rings is 1. The van der Waals surface area contributed by atoms with Gasteiger partial charge in [-0.3, -0.25) is 0 Å². The predicted octanol–water partition coefficient (Wildman–Crippen LogP) is 3.85. The minimum atomic E-state index is 0.459. The Balaban J connectivity index is 1.79. The van der Waals surface area contributed by atoms with E-state index in [4.69, 9.17) is 10.5 Å². The Hall–Kier alpha value is -2.17. The standard InChI is InChI=1S/C17H16N2OS/c18-10-17-19-14(12-21-17)11-20-16-9-5-4-8-15(16)13-6-2-1-3-7-13/h1-9,12H,10-11,18H2. The van der Waals surface area contributed by atoms with E-state index in [0.29, 0.717) is 13.2 Å². The fraction of sp³-hybridized carbons (Fsp3) is 0.118. The first-order chi connectivity index (χ1) is 10.4. The van der Waals surface area contributed by atoms with Crippen LogP contribution in [0.3, 0.4) is 0 Å². The van der Waals surface area contributed by atoms with Crippen molar-refractivity contribution in [3.63, 3.8) is 0 Å². The molecule has 0 spiro atoms. The van der Waals surface area contributed by atoms with E-state index in [-0.39, 0.29) is 0 Å². The van der Waals surface area contributed by atoms with Crippen LogP contribution in [0, 0.1) is 0 Å². The Morgan fingerprint density at radius 1 is 1.00 bits per heavy atom. The summed E-state index contributed by atoms with van der Waals surface area (Å²) in [4.78, 5) is 4.41. The molecular weight excluding hydrogens is 280 g/mol. The number of hydrogen-bond acceptors (Lipinski definition) is 4. The molecule has 3 aromatic rings. The van der Waals surface area contributed by atoms with Gasteiger partial charge in [0, 0.05) is 17.5 Å². The molecule has 21 heavy (non-hydrogen) atoms. The number of nitrogens with zero attached hydrogens (tertiary/aromatic N) is 1. The summed E-state index contributed by atoms with van der Waals surface area (Å²) in [5.41, 5.74) is 8.73. The van der Waals surface area contributed by atoms with Crippen LogP contribution in [0.5, 0.6) is 5.75 Å². The van der Waals surface area contributed by atoms with Crippen molar-refractivity contribution in [2.75, 3.05) is 0 Å². The first kappa shape index (κ1) is 13.8. The second kappa shape index (κ2) is 6.52. The highest BCUT2D eigenvalue weighted by atomic mass is 32.1. The first-order valence-electron chi connectivity index (χ1n) is 6.77. The Kier molecular flexibility index (Phi) is 4.28. The van der Waals surface area contributed by atoms with Crippen molar-refractivity contribution >= 4 is 11.3 Å². The molecule has 0 unspecified atom stereocenters. The highest BCUT2D eigenvalue weighted by molar-refractivity contribution is 7.09. The minimum Gasteiger partial charge on any atom is -0.487 e. The average molecular weight is 296 g/mol. The number of ether oxygens (including phenoxy) is 1. The molecule has 0 aliphatic heterocycles. The fourth-order valence-corrected chi connectivity index (χ4v) is 2.77. The molecule has 0 aliphatic rings. The quantitative estimate of drug-likeness (QED) is 0.778. The van der Waals surface area contributed by atoms with Gasteiger partial charge < -0.3 is 10.5 Å². The van der Waals surface area contributed by atoms with Gasteiger partial charge in [0.1, 0.15) is 17.4 Å². The third-order valence-electron chi connectivity index (χ3n) is 3.12. The second-order valence-corrected chi connectivity index (χ2v) is 5.53. The number of nitrogens with two attached hydrogens (primary N) is 1. The van der Waals surface area contributed by atoms with Crippen molar-refractivity contribution in [3.8, 4) is 16.9 Å². The van der Waals surface area contributed by atoms with Crippen molar-refractivity contribution in [3.05, 3.63) is 70.7 Å². The molecule has 2 aromatic carbocycles. The van der Waals surface area contributed by atoms with Crippen LogP contribution in [-0.2, 0) is 13.2 Å². The highest BCUT2D eigenvalue weighted by Crippen LogP contribution is 2.30. The van der Waals surface area contributed by atoms with Crippen LogP contribution in [-0.4, -0.2) is 4.98 Å². The summed E-state index contributed by atoms with van der Waals surface area (Å²) in [6.45, 7) is 0.936. The van der Waals surface area contributed by atoms with Crippen molar-refractivity contribution < 1.29 is 4.74 Å². The lowest BCUT2D eigenvalue weighted by Gasteiger charge is -2.10. The maximum absolute atomic E-state index is 5.94. The van der Waals surface area contributed by atoms with E-state index in [0.717, 1.165) is 27.6 Å². The van der Waals surface area contributed by atoms with Crippen molar-refractivity contribution in [2.24, 2.45) is 5.73 Å². The molecule has 0 amide bonds. The summed E-state index contributed by atoms with van der Waals surface area (Å²) in [6, 6.07) is 18.3. The summed E-state index contributed by atoms with van der Waals surface area (Å²) in [6.07, 6.45) is 0. The molecule has 0 saturated heterocycles. The topological polar surface area (TPSA) is 48.1 Å². The van der Waals surface area contributed by atoms with Crippen LogP contribution >= 0.6 is 11.3 Å². The molecule has 0 saturated carbocycles. The normalized spacial score (nSPS) is 10.5. The third-order valence-corrected chi connectivity index (χ3v) is 4.04. The molecule has 1 heterocycles. The van der Waals surface area contributed by atoms with E-state index in [9.17, 15) is 0 Å². The lowest BCUT2D eigenvalue weighted by molar-refractivity contribution is 0.303. The van der Waals surface area contributed by atoms with Crippen LogP contribution in [0.15, 0.2) is 60.0 Å². The van der Waals surface area contributed by atoms with Gasteiger partial charge in [-0.15, -0.1) is 11.3 Å². The molecule has 3 nitrogen and oxygen atoms in total. The van der Waals surface area contributed by atoms with E-state index in [2.05, 4.69) is 23.2 Å². The monoisotopic (exact) mass is 296 g/mol. The van der Waals surface area contributed by atoms with Gasteiger partial charge in [0.05, 0.1) is 5.69 Å². The number of hydrogen-bond donors (Lipinski definition) is 1. The van der Waals surface area contributed by atoms with Crippen LogP contribution in [0.2, 0.25) is 0 Å². The number of benzene rings is 2. The van der Waals surface area contributed by atoms with Gasteiger partial charge in [-0.1, -0.05) is 48.5 Å². The molecular formula is C17H16N2OS. The average Bonchev–Trinajstić information content (AvgIpc) is 3.02. The van der Waals surface area contributed by atoms with Gasteiger partial charge in [0.15, 0.2) is 0 Å². The Morgan fingerprint density at radius 2 is 1.76 bits per heavy atom. The number of rotatable bonds is 5. The summed E-state index contributed by atoms with van der Waals surface area (Å²) in [7, 11) is 0. The van der Waals surface area contributed by atoms with E-state index < -0.39 is 0 Å². The summed E-state index contributed by atoms with van der Waals surface area (Å²) in [5.74, 6) is 0.867. The molecule has 106 valence electrons. The number of para-hydroxylation sites is 1. The van der Waals surface area contributed by atoms with Gasteiger partial charge in [0.25, 0.3) is 0 Å². The zero-order valence-corrected chi connectivity index (χ0v) is 12.3. The first-order valence-corrected chi connectivity index (χ1v) is 7.65. The lowest BCUT2D eigenvalue weighted by Crippen LogP contribution is -1.99. The zero-order chi connectivity index (χ0) is 14.5. The predicted molar refractivity (Wildman–Crippen MR) is 86.2 cm³/mol. The molecule has 0 atom stereocenters. The van der Waals surface area contributed by atoms with Gasteiger partial charge in [-0.25, -0.2) is 4.98 Å². The van der Waals surface area contributed by atoms with Gasteiger partial charge >= 0.3 is 0 Å². The Labute approximate surface area is 128 Å². The third kappa shape index (κ3) is 3.29. The highest BCUT2D eigenvalue weighted by Gasteiger charge is 2.07. The summed E-state index contributed by atoms with van der Waals surface area (Å²) >= 11 is 1.57. The van der Waals surface area contributed by atoms with Crippen molar-refractivity contribution in [1.29, 1.82) is 0 Å². The maximum atomic E-state index is 5.94. The van der Waals surface area contributed by atoms with E-state index in [1.54, 1.807) is 11.3 Å². The summed E-state index contributed by atoms with van der Waals surface area (Å²) < 4.78 is 5.94. The van der Waals surface area contributed by atoms with Gasteiger partial charge in [0.2, 0.25) is 0 Å². The largest absolute Gasteiger partial charge is 0.487 e. The molecule has 0 aliphatic carbocycles. The second-order valence-electron chi connectivity index (χ2n) is 4.59. The Morgan fingerprint density at radius 3 is 2.52 bits per heavy atom. The van der Waals surface area contributed by atoms with Crippen LogP contribution in [0.25, 0.3) is 11.1 Å². The molecule has 0 fully saturated rings. The minimum absolute atomic E-state index is 0.459. The molecule has 1 aromatic heterocycles. The van der Waals surface area contributed by atoms with E-state index >= 15 is 0 Å². The lowest BCUT2D eigenvalue weighted by atomic mass is 10.1. The van der Waals surface area contributed by atoms with E-state index in [1.807, 2.05) is 41.8 Å². The van der Waals surface area contributed by atoms with Crippen molar-refractivity contribution in [2.45, 2.75) is 13.2 Å². The zero-order valence-electron chi connectivity index (χ0n) is 11.5. The molecule has 0 bridgehead atoms. The van der Waals surface area contributed by atoms with Crippen molar-refractivity contribution in [1.82, 2.24) is 4.98 Å². The molecule has 2 N–H and O–H groups in total. The van der Waals surface area contributed by atoms with Gasteiger partial charge in [-0.05, 0) is 11.6 Å². The van der Waals surface area contributed by atoms with Crippen LogP contribution in [0.1, 0.15) is 10.7 Å². The van der Waals surface area contributed by atoms with E-state index in [1.165, 1.54) is 0 Å². The SMILES string of the molecule is NCc1nc(COc2ccccc2-c2ccccc2)cs1. The Bertz CT molecular complexity index is 710. The maximum Gasteiger partial charge on any atom is 0.131 e. The summed E-state index contributed by atoms with van der Waals surface area (Å²) in [5, 5.41) is 2.93. The fourth-order valence-electron chi connectivity index (χ4n) is 2.11.